The van der Waals surface area contributed by atoms with Gasteiger partial charge in [-0.15, -0.1) is 0 Å². The Labute approximate surface area is 132 Å². The first-order valence-electron chi connectivity index (χ1n) is 7.18. The van der Waals surface area contributed by atoms with E-state index in [1.165, 1.54) is 12.1 Å². The lowest BCUT2D eigenvalue weighted by atomic mass is 10.1. The molecule has 0 spiro atoms. The Morgan fingerprint density at radius 1 is 1.17 bits per heavy atom. The van der Waals surface area contributed by atoms with Crippen molar-refractivity contribution in [3.63, 3.8) is 0 Å². The molecule has 0 aliphatic carbocycles. The zero-order valence-electron chi connectivity index (χ0n) is 12.5. The van der Waals surface area contributed by atoms with Gasteiger partial charge in [0.1, 0.15) is 11.5 Å². The summed E-state index contributed by atoms with van der Waals surface area (Å²) >= 11 is 0. The van der Waals surface area contributed by atoms with Gasteiger partial charge in [0, 0.05) is 17.2 Å². The molecule has 1 amide bonds. The van der Waals surface area contributed by atoms with E-state index in [1.54, 1.807) is 24.3 Å². The number of hydrogen-bond donors (Lipinski definition) is 1. The average Bonchev–Trinajstić information content (AvgIpc) is 3.02. The lowest BCUT2D eigenvalue weighted by Gasteiger charge is -2.03. The minimum absolute atomic E-state index is 0.167. The fourth-order valence-electron chi connectivity index (χ4n) is 2.20. The highest BCUT2D eigenvalue weighted by molar-refractivity contribution is 5.94. The van der Waals surface area contributed by atoms with Crippen LogP contribution in [0.3, 0.4) is 0 Å². The highest BCUT2D eigenvalue weighted by Crippen LogP contribution is 2.20. The molecule has 1 aromatic heterocycles. The van der Waals surface area contributed by atoms with E-state index in [0.29, 0.717) is 17.0 Å². The largest absolute Gasteiger partial charge is 0.356 e. The smallest absolute Gasteiger partial charge is 0.251 e. The van der Waals surface area contributed by atoms with Crippen LogP contribution in [0.5, 0.6) is 0 Å². The van der Waals surface area contributed by atoms with Gasteiger partial charge in [-0.1, -0.05) is 22.9 Å². The van der Waals surface area contributed by atoms with Crippen molar-refractivity contribution < 1.29 is 13.7 Å². The van der Waals surface area contributed by atoms with Crippen LogP contribution >= 0.6 is 0 Å². The lowest BCUT2D eigenvalue weighted by Crippen LogP contribution is -2.22. The zero-order chi connectivity index (χ0) is 16.2. The highest BCUT2D eigenvalue weighted by atomic mass is 19.1. The Kier molecular flexibility index (Phi) is 4.19. The van der Waals surface area contributed by atoms with Crippen LogP contribution in [0.2, 0.25) is 0 Å². The third-order valence-electron chi connectivity index (χ3n) is 3.40. The quantitative estimate of drug-likeness (QED) is 0.799. The van der Waals surface area contributed by atoms with Crippen molar-refractivity contribution in [3.8, 4) is 11.3 Å². The number of nitrogens with zero attached hydrogens (tertiary/aromatic N) is 1. The molecule has 0 radical (unpaired) electrons. The van der Waals surface area contributed by atoms with Gasteiger partial charge in [0.05, 0.1) is 6.54 Å². The second-order valence-electron chi connectivity index (χ2n) is 5.24. The fourth-order valence-corrected chi connectivity index (χ4v) is 2.20. The number of carbonyl (C=O) groups excluding carboxylic acids is 1. The lowest BCUT2D eigenvalue weighted by molar-refractivity contribution is 0.0950. The van der Waals surface area contributed by atoms with Crippen LogP contribution in [0.4, 0.5) is 4.39 Å². The van der Waals surface area contributed by atoms with E-state index in [1.807, 2.05) is 25.1 Å². The maximum Gasteiger partial charge on any atom is 0.251 e. The molecule has 0 aliphatic rings. The van der Waals surface area contributed by atoms with Crippen molar-refractivity contribution in [2.24, 2.45) is 0 Å². The van der Waals surface area contributed by atoms with Crippen molar-refractivity contribution in [2.75, 3.05) is 0 Å². The topological polar surface area (TPSA) is 55.1 Å². The number of halogens is 1. The molecule has 1 heterocycles. The molecule has 23 heavy (non-hydrogen) atoms. The molecule has 116 valence electrons. The van der Waals surface area contributed by atoms with Gasteiger partial charge in [-0.25, -0.2) is 4.39 Å². The predicted octanol–water partition coefficient (Wildman–Crippen LogP) is 3.72. The molecule has 0 atom stereocenters. The standard InChI is InChI=1S/C18H15FN2O2/c1-12-3-2-4-14(9-12)18(22)20-11-16-10-17(23-21-16)13-5-7-15(19)8-6-13/h2-10H,11H2,1H3,(H,20,22). The van der Waals surface area contributed by atoms with E-state index in [0.717, 1.165) is 11.1 Å². The van der Waals surface area contributed by atoms with Crippen LogP contribution in [0, 0.1) is 12.7 Å². The summed E-state index contributed by atoms with van der Waals surface area (Å²) in [6, 6.07) is 15.0. The molecule has 5 heteroatoms. The van der Waals surface area contributed by atoms with Gasteiger partial charge >= 0.3 is 0 Å². The molecular weight excluding hydrogens is 295 g/mol. The molecule has 0 saturated carbocycles. The Balaban J connectivity index is 1.65. The summed E-state index contributed by atoms with van der Waals surface area (Å²) in [5.74, 6) is 0.0590. The predicted molar refractivity (Wildman–Crippen MR) is 84.2 cm³/mol. The van der Waals surface area contributed by atoms with Crippen LogP contribution in [0.15, 0.2) is 59.1 Å². The van der Waals surface area contributed by atoms with Gasteiger partial charge in [-0.2, -0.15) is 0 Å². The summed E-state index contributed by atoms with van der Waals surface area (Å²) < 4.78 is 18.1. The third-order valence-corrected chi connectivity index (χ3v) is 3.40. The summed E-state index contributed by atoms with van der Waals surface area (Å²) in [6.07, 6.45) is 0. The van der Waals surface area contributed by atoms with Crippen LogP contribution in [-0.2, 0) is 6.54 Å². The Morgan fingerprint density at radius 2 is 1.96 bits per heavy atom. The molecule has 2 aromatic carbocycles. The van der Waals surface area contributed by atoms with Gasteiger partial charge in [0.2, 0.25) is 0 Å². The van der Waals surface area contributed by atoms with Crippen molar-refractivity contribution in [2.45, 2.75) is 13.5 Å². The number of carbonyl (C=O) groups is 1. The second kappa shape index (κ2) is 6.44. The SMILES string of the molecule is Cc1cccc(C(=O)NCc2cc(-c3ccc(F)cc3)on2)c1. The Bertz CT molecular complexity index is 825. The van der Waals surface area contributed by atoms with Crippen molar-refractivity contribution in [1.82, 2.24) is 10.5 Å². The molecule has 4 nitrogen and oxygen atoms in total. The van der Waals surface area contributed by atoms with E-state index in [9.17, 15) is 9.18 Å². The van der Waals surface area contributed by atoms with Gasteiger partial charge in [0.15, 0.2) is 5.76 Å². The minimum Gasteiger partial charge on any atom is -0.356 e. The number of hydrogen-bond acceptors (Lipinski definition) is 3. The van der Waals surface area contributed by atoms with Gasteiger partial charge in [-0.3, -0.25) is 4.79 Å². The molecule has 0 bridgehead atoms. The van der Waals surface area contributed by atoms with Crippen LogP contribution in [0.25, 0.3) is 11.3 Å². The summed E-state index contributed by atoms with van der Waals surface area (Å²) in [7, 11) is 0. The summed E-state index contributed by atoms with van der Waals surface area (Å²) in [5.41, 5.74) is 2.96. The maximum atomic E-state index is 12.9. The molecule has 1 N–H and O–H groups in total. The minimum atomic E-state index is -0.307. The van der Waals surface area contributed by atoms with Crippen molar-refractivity contribution in [1.29, 1.82) is 0 Å². The number of nitrogens with one attached hydrogen (secondary N) is 1. The normalized spacial score (nSPS) is 10.5. The Hall–Kier alpha value is -2.95. The first-order valence-corrected chi connectivity index (χ1v) is 7.18. The summed E-state index contributed by atoms with van der Waals surface area (Å²) in [4.78, 5) is 12.1. The molecular formula is C18H15FN2O2. The van der Waals surface area contributed by atoms with Crippen molar-refractivity contribution in [3.05, 3.63) is 77.2 Å². The third kappa shape index (κ3) is 3.63. The summed E-state index contributed by atoms with van der Waals surface area (Å²) in [6.45, 7) is 2.20. The van der Waals surface area contributed by atoms with E-state index < -0.39 is 0 Å². The monoisotopic (exact) mass is 310 g/mol. The average molecular weight is 310 g/mol. The second-order valence-corrected chi connectivity index (χ2v) is 5.24. The number of amides is 1. The van der Waals surface area contributed by atoms with Gasteiger partial charge < -0.3 is 9.84 Å². The van der Waals surface area contributed by atoms with Gasteiger partial charge in [0.25, 0.3) is 5.91 Å². The Morgan fingerprint density at radius 3 is 2.70 bits per heavy atom. The fraction of sp³-hybridized carbons (Fsp3) is 0.111. The zero-order valence-corrected chi connectivity index (χ0v) is 12.5. The molecule has 0 unspecified atom stereocenters. The molecule has 0 fully saturated rings. The molecule has 0 saturated heterocycles. The van der Waals surface area contributed by atoms with Crippen LogP contribution in [-0.4, -0.2) is 11.1 Å². The maximum absolute atomic E-state index is 12.9. The molecule has 0 aliphatic heterocycles. The number of aryl methyl sites for hydroxylation is 1. The number of benzene rings is 2. The van der Waals surface area contributed by atoms with E-state index in [4.69, 9.17) is 4.52 Å². The highest BCUT2D eigenvalue weighted by Gasteiger charge is 2.09. The van der Waals surface area contributed by atoms with Gasteiger partial charge in [-0.05, 0) is 43.3 Å². The van der Waals surface area contributed by atoms with Crippen molar-refractivity contribution >= 4 is 5.91 Å². The van der Waals surface area contributed by atoms with Crippen LogP contribution < -0.4 is 5.32 Å². The molecule has 3 rings (SSSR count). The first-order chi connectivity index (χ1) is 11.1. The van der Waals surface area contributed by atoms with E-state index in [2.05, 4.69) is 10.5 Å². The van der Waals surface area contributed by atoms with E-state index >= 15 is 0 Å². The molecule has 3 aromatic rings. The summed E-state index contributed by atoms with van der Waals surface area (Å²) in [5, 5.41) is 6.71. The number of aromatic nitrogens is 1. The number of rotatable bonds is 4. The first kappa shape index (κ1) is 15.0. The van der Waals surface area contributed by atoms with Crippen LogP contribution in [0.1, 0.15) is 21.6 Å². The van der Waals surface area contributed by atoms with E-state index in [-0.39, 0.29) is 18.3 Å².